The maximum absolute atomic E-state index is 14.6. The number of carbonyl (C=O) groups excluding carboxylic acids is 2. The molecular weight excluding hydrogens is 598 g/mol. The lowest BCUT2D eigenvalue weighted by Gasteiger charge is -2.34. The van der Waals surface area contributed by atoms with Gasteiger partial charge in [-0.25, -0.2) is 8.42 Å². The number of ether oxygens (including phenoxy) is 1. The van der Waals surface area contributed by atoms with E-state index in [0.29, 0.717) is 18.0 Å². The van der Waals surface area contributed by atoms with Crippen LogP contribution in [0.1, 0.15) is 43.9 Å². The Labute approximate surface area is 273 Å². The number of nitrogens with one attached hydrogen (secondary N) is 1. The second-order valence-electron chi connectivity index (χ2n) is 11.3. The minimum Gasteiger partial charge on any atom is -0.494 e. The maximum atomic E-state index is 14.6. The highest BCUT2D eigenvalue weighted by Crippen LogP contribution is 2.27. The SMILES string of the molecule is CCOc1ccc(N(CC(=O)N(Cc2cccc(C)c2)[C@@H](Cc2ccccc2)C(=O)N[C@@H](C)CC)S(=O)(=O)c2ccccc2)cc1. The molecule has 4 aromatic carbocycles. The number of benzene rings is 4. The molecule has 242 valence electrons. The quantitative estimate of drug-likeness (QED) is 0.168. The van der Waals surface area contributed by atoms with Gasteiger partial charge in [0.1, 0.15) is 18.3 Å². The molecule has 46 heavy (non-hydrogen) atoms. The predicted octanol–water partition coefficient (Wildman–Crippen LogP) is 6.14. The van der Waals surface area contributed by atoms with E-state index in [0.717, 1.165) is 27.4 Å². The standard InChI is InChI=1S/C37H43N3O5S/c1-5-29(4)38-37(42)35(25-30-15-9-7-10-16-30)39(26-31-17-13-14-28(3)24-31)36(41)27-40(32-20-22-33(23-21-32)45-6-2)46(43,44)34-18-11-8-12-19-34/h7-24,29,35H,5-6,25-27H2,1-4H3,(H,38,42)/t29-,35-/m0/s1. The van der Waals surface area contributed by atoms with Crippen LogP contribution in [0.2, 0.25) is 0 Å². The van der Waals surface area contributed by atoms with Gasteiger partial charge in [-0.1, -0.05) is 85.3 Å². The summed E-state index contributed by atoms with van der Waals surface area (Å²) in [6.07, 6.45) is 0.978. The van der Waals surface area contributed by atoms with Crippen LogP contribution in [0.3, 0.4) is 0 Å². The summed E-state index contributed by atoms with van der Waals surface area (Å²) in [5, 5.41) is 3.06. The molecule has 0 aliphatic rings. The number of hydrogen-bond acceptors (Lipinski definition) is 5. The van der Waals surface area contributed by atoms with Crippen LogP contribution in [-0.4, -0.2) is 50.4 Å². The zero-order valence-corrected chi connectivity index (χ0v) is 27.7. The van der Waals surface area contributed by atoms with Crippen molar-refractivity contribution in [3.63, 3.8) is 0 Å². The van der Waals surface area contributed by atoms with Crippen molar-refractivity contribution in [2.24, 2.45) is 0 Å². The third-order valence-corrected chi connectivity index (χ3v) is 9.54. The first kappa shape index (κ1) is 34.2. The predicted molar refractivity (Wildman–Crippen MR) is 182 cm³/mol. The molecule has 0 saturated heterocycles. The Kier molecular flexibility index (Phi) is 12.0. The van der Waals surface area contributed by atoms with Crippen molar-refractivity contribution in [1.82, 2.24) is 10.2 Å². The minimum absolute atomic E-state index is 0.0530. The molecule has 2 atom stereocenters. The molecule has 0 spiro atoms. The Hall–Kier alpha value is -4.63. The molecule has 0 fully saturated rings. The first-order valence-electron chi connectivity index (χ1n) is 15.6. The van der Waals surface area contributed by atoms with Gasteiger partial charge in [0, 0.05) is 19.0 Å². The average Bonchev–Trinajstić information content (AvgIpc) is 3.06. The first-order chi connectivity index (χ1) is 22.1. The van der Waals surface area contributed by atoms with Crippen LogP contribution in [0.25, 0.3) is 0 Å². The smallest absolute Gasteiger partial charge is 0.264 e. The second-order valence-corrected chi connectivity index (χ2v) is 13.1. The number of sulfonamides is 1. The maximum Gasteiger partial charge on any atom is 0.264 e. The number of nitrogens with zero attached hydrogens (tertiary/aromatic N) is 2. The van der Waals surface area contributed by atoms with Crippen molar-refractivity contribution in [3.05, 3.63) is 126 Å². The monoisotopic (exact) mass is 641 g/mol. The molecule has 8 nitrogen and oxygen atoms in total. The van der Waals surface area contributed by atoms with E-state index < -0.39 is 28.5 Å². The van der Waals surface area contributed by atoms with Crippen LogP contribution < -0.4 is 14.4 Å². The number of aryl methyl sites for hydroxylation is 1. The van der Waals surface area contributed by atoms with E-state index in [1.54, 1.807) is 42.5 Å². The summed E-state index contributed by atoms with van der Waals surface area (Å²) in [6, 6.07) is 30.9. The van der Waals surface area contributed by atoms with Gasteiger partial charge in [-0.15, -0.1) is 0 Å². The molecule has 0 unspecified atom stereocenters. The number of carbonyl (C=O) groups is 2. The number of amides is 2. The Balaban J connectivity index is 1.80. The zero-order valence-electron chi connectivity index (χ0n) is 26.9. The summed E-state index contributed by atoms with van der Waals surface area (Å²) >= 11 is 0. The van der Waals surface area contributed by atoms with Crippen molar-refractivity contribution in [2.45, 2.75) is 64.1 Å². The van der Waals surface area contributed by atoms with Gasteiger partial charge >= 0.3 is 0 Å². The van der Waals surface area contributed by atoms with Gasteiger partial charge < -0.3 is 15.0 Å². The average molecular weight is 642 g/mol. The van der Waals surface area contributed by atoms with E-state index in [1.807, 2.05) is 82.3 Å². The van der Waals surface area contributed by atoms with Gasteiger partial charge in [-0.05, 0) is 74.7 Å². The molecule has 0 heterocycles. The Bertz CT molecular complexity index is 1680. The Morgan fingerprint density at radius 3 is 2.07 bits per heavy atom. The molecule has 9 heteroatoms. The van der Waals surface area contributed by atoms with Crippen molar-refractivity contribution in [1.29, 1.82) is 0 Å². The fourth-order valence-corrected chi connectivity index (χ4v) is 6.56. The second kappa shape index (κ2) is 16.1. The van der Waals surface area contributed by atoms with E-state index in [4.69, 9.17) is 4.74 Å². The summed E-state index contributed by atoms with van der Waals surface area (Å²) in [5.74, 6) is -0.215. The van der Waals surface area contributed by atoms with Crippen LogP contribution in [0.15, 0.2) is 114 Å². The molecule has 1 N–H and O–H groups in total. The fraction of sp³-hybridized carbons (Fsp3) is 0.297. The topological polar surface area (TPSA) is 96.0 Å². The summed E-state index contributed by atoms with van der Waals surface area (Å²) in [5.41, 5.74) is 3.03. The van der Waals surface area contributed by atoms with Crippen molar-refractivity contribution in [3.8, 4) is 5.75 Å². The molecular formula is C37H43N3O5S. The van der Waals surface area contributed by atoms with E-state index >= 15 is 0 Å². The third kappa shape index (κ3) is 8.97. The molecule has 0 radical (unpaired) electrons. The van der Waals surface area contributed by atoms with Crippen molar-refractivity contribution >= 4 is 27.5 Å². The lowest BCUT2D eigenvalue weighted by molar-refractivity contribution is -0.140. The van der Waals surface area contributed by atoms with Gasteiger partial charge in [-0.2, -0.15) is 0 Å². The summed E-state index contributed by atoms with van der Waals surface area (Å²) in [4.78, 5) is 30.1. The van der Waals surface area contributed by atoms with Gasteiger partial charge in [0.05, 0.1) is 17.2 Å². The lowest BCUT2D eigenvalue weighted by atomic mass is 10.0. The Morgan fingerprint density at radius 2 is 1.46 bits per heavy atom. The van der Waals surface area contributed by atoms with Crippen LogP contribution >= 0.6 is 0 Å². The molecule has 4 aromatic rings. The van der Waals surface area contributed by atoms with Crippen molar-refractivity contribution in [2.75, 3.05) is 17.5 Å². The van der Waals surface area contributed by atoms with E-state index in [1.165, 1.54) is 17.0 Å². The molecule has 0 aliphatic carbocycles. The normalized spacial score (nSPS) is 12.5. The minimum atomic E-state index is -4.17. The molecule has 2 amide bonds. The van der Waals surface area contributed by atoms with Crippen LogP contribution in [0.4, 0.5) is 5.69 Å². The first-order valence-corrected chi connectivity index (χ1v) is 17.1. The van der Waals surface area contributed by atoms with E-state index in [2.05, 4.69) is 5.32 Å². The molecule has 0 aromatic heterocycles. The summed E-state index contributed by atoms with van der Waals surface area (Å²) in [6.45, 7) is 7.80. The molecule has 4 rings (SSSR count). The van der Waals surface area contributed by atoms with Gasteiger partial charge in [0.2, 0.25) is 11.8 Å². The molecule has 0 aliphatic heterocycles. The van der Waals surface area contributed by atoms with Crippen LogP contribution in [0.5, 0.6) is 5.75 Å². The van der Waals surface area contributed by atoms with Gasteiger partial charge in [0.25, 0.3) is 10.0 Å². The molecule has 0 saturated carbocycles. The number of rotatable bonds is 15. The highest BCUT2D eigenvalue weighted by atomic mass is 32.2. The summed E-state index contributed by atoms with van der Waals surface area (Å²) < 4.78 is 34.9. The van der Waals surface area contributed by atoms with Crippen molar-refractivity contribution < 1.29 is 22.7 Å². The lowest BCUT2D eigenvalue weighted by Crippen LogP contribution is -2.54. The number of hydrogen-bond donors (Lipinski definition) is 1. The van der Waals surface area contributed by atoms with Gasteiger partial charge in [0.15, 0.2) is 0 Å². The van der Waals surface area contributed by atoms with Crippen LogP contribution in [-0.2, 0) is 32.6 Å². The fourth-order valence-electron chi connectivity index (χ4n) is 5.13. The zero-order chi connectivity index (χ0) is 33.1. The number of anilines is 1. The summed E-state index contributed by atoms with van der Waals surface area (Å²) in [7, 11) is -4.17. The third-order valence-electron chi connectivity index (χ3n) is 7.75. The van der Waals surface area contributed by atoms with E-state index in [-0.39, 0.29) is 29.8 Å². The highest BCUT2D eigenvalue weighted by molar-refractivity contribution is 7.92. The van der Waals surface area contributed by atoms with Crippen LogP contribution in [0, 0.1) is 6.92 Å². The molecule has 0 bridgehead atoms. The highest BCUT2D eigenvalue weighted by Gasteiger charge is 2.35. The van der Waals surface area contributed by atoms with E-state index in [9.17, 15) is 18.0 Å². The Morgan fingerprint density at radius 1 is 0.826 bits per heavy atom. The van der Waals surface area contributed by atoms with Gasteiger partial charge in [-0.3, -0.25) is 13.9 Å². The largest absolute Gasteiger partial charge is 0.494 e.